The summed E-state index contributed by atoms with van der Waals surface area (Å²) in [6, 6.07) is 19.8. The van der Waals surface area contributed by atoms with Crippen molar-refractivity contribution >= 4 is 33.6 Å². The van der Waals surface area contributed by atoms with Crippen LogP contribution in [0.5, 0.6) is 0 Å². The second kappa shape index (κ2) is 6.96. The Balaban J connectivity index is 1.57. The molecule has 5 nitrogen and oxygen atoms in total. The van der Waals surface area contributed by atoms with Crippen LogP contribution in [0, 0.1) is 0 Å². The zero-order chi connectivity index (χ0) is 18.8. The minimum Gasteiger partial charge on any atom is -0.480 e. The number of aliphatic carboxylic acids is 1. The molecule has 3 aromatic carbocycles. The van der Waals surface area contributed by atoms with Crippen molar-refractivity contribution in [1.29, 1.82) is 0 Å². The molecule has 4 aromatic rings. The Hall–Kier alpha value is -3.60. The van der Waals surface area contributed by atoms with E-state index in [0.717, 1.165) is 27.2 Å². The lowest BCUT2D eigenvalue weighted by Crippen LogP contribution is -2.42. The van der Waals surface area contributed by atoms with Gasteiger partial charge in [-0.05, 0) is 34.5 Å². The molecule has 1 heterocycles. The summed E-state index contributed by atoms with van der Waals surface area (Å²) in [6.07, 6.45) is 2.00. The van der Waals surface area contributed by atoms with E-state index in [0.29, 0.717) is 5.56 Å². The molecule has 0 aliphatic rings. The largest absolute Gasteiger partial charge is 0.480 e. The van der Waals surface area contributed by atoms with Gasteiger partial charge in [0, 0.05) is 29.1 Å². The molecule has 0 saturated heterocycles. The zero-order valence-corrected chi connectivity index (χ0v) is 14.5. The van der Waals surface area contributed by atoms with E-state index in [1.807, 2.05) is 54.6 Å². The smallest absolute Gasteiger partial charge is 0.326 e. The van der Waals surface area contributed by atoms with Crippen LogP contribution in [-0.2, 0) is 11.2 Å². The average molecular weight is 358 g/mol. The topological polar surface area (TPSA) is 82.2 Å². The first-order valence-electron chi connectivity index (χ1n) is 8.69. The third kappa shape index (κ3) is 3.40. The first-order valence-corrected chi connectivity index (χ1v) is 8.69. The molecular weight excluding hydrogens is 340 g/mol. The number of aromatic nitrogens is 1. The summed E-state index contributed by atoms with van der Waals surface area (Å²) >= 11 is 0. The van der Waals surface area contributed by atoms with Crippen molar-refractivity contribution in [2.75, 3.05) is 0 Å². The molecule has 0 aliphatic carbocycles. The lowest BCUT2D eigenvalue weighted by molar-refractivity contribution is -0.139. The van der Waals surface area contributed by atoms with Gasteiger partial charge in [-0.25, -0.2) is 4.79 Å². The predicted molar refractivity (Wildman–Crippen MR) is 105 cm³/mol. The van der Waals surface area contributed by atoms with E-state index in [9.17, 15) is 14.7 Å². The Morgan fingerprint density at radius 3 is 2.52 bits per heavy atom. The number of carbonyl (C=O) groups is 2. The summed E-state index contributed by atoms with van der Waals surface area (Å²) in [5.41, 5.74) is 2.24. The number of fused-ring (bicyclic) bond motifs is 2. The molecule has 1 amide bonds. The van der Waals surface area contributed by atoms with E-state index in [1.165, 1.54) is 0 Å². The standard InChI is InChI=1S/C22H18N2O3/c25-21(16-10-9-14-5-1-2-6-15(14)11-16)24-20(22(26)27)12-17-13-23-19-8-4-3-7-18(17)19/h1-11,13,20,23H,12H2,(H,24,25)(H,26,27)/t20-/m0/s1. The fourth-order valence-corrected chi connectivity index (χ4v) is 3.29. The molecule has 0 fully saturated rings. The summed E-state index contributed by atoms with van der Waals surface area (Å²) in [6.45, 7) is 0. The highest BCUT2D eigenvalue weighted by Gasteiger charge is 2.22. The molecule has 134 valence electrons. The van der Waals surface area contributed by atoms with E-state index < -0.39 is 17.9 Å². The van der Waals surface area contributed by atoms with Gasteiger partial charge in [-0.3, -0.25) is 4.79 Å². The Labute approximate surface area is 155 Å². The van der Waals surface area contributed by atoms with Crippen molar-refractivity contribution in [3.63, 3.8) is 0 Å². The molecule has 5 heteroatoms. The van der Waals surface area contributed by atoms with E-state index in [1.54, 1.807) is 18.3 Å². The summed E-state index contributed by atoms with van der Waals surface area (Å²) in [5, 5.41) is 15.2. The Kier molecular flexibility index (Phi) is 4.34. The van der Waals surface area contributed by atoms with Crippen LogP contribution >= 0.6 is 0 Å². The van der Waals surface area contributed by atoms with Gasteiger partial charge in [-0.15, -0.1) is 0 Å². The van der Waals surface area contributed by atoms with Gasteiger partial charge in [0.2, 0.25) is 0 Å². The van der Waals surface area contributed by atoms with Crippen LogP contribution in [0.1, 0.15) is 15.9 Å². The third-order valence-corrected chi connectivity index (χ3v) is 4.71. The van der Waals surface area contributed by atoms with E-state index in [4.69, 9.17) is 0 Å². The predicted octanol–water partition coefficient (Wildman–Crippen LogP) is 3.75. The van der Waals surface area contributed by atoms with Gasteiger partial charge >= 0.3 is 5.97 Å². The van der Waals surface area contributed by atoms with Crippen LogP contribution in [0.2, 0.25) is 0 Å². The van der Waals surface area contributed by atoms with Crippen molar-refractivity contribution in [2.24, 2.45) is 0 Å². The van der Waals surface area contributed by atoms with Crippen LogP contribution in [0.4, 0.5) is 0 Å². The number of hydrogen-bond acceptors (Lipinski definition) is 2. The van der Waals surface area contributed by atoms with Gasteiger partial charge in [-0.2, -0.15) is 0 Å². The number of amides is 1. The molecule has 27 heavy (non-hydrogen) atoms. The fourth-order valence-electron chi connectivity index (χ4n) is 3.29. The Morgan fingerprint density at radius 2 is 1.70 bits per heavy atom. The fraction of sp³-hybridized carbons (Fsp3) is 0.0909. The SMILES string of the molecule is O=C(N[C@@H](Cc1c[nH]c2ccccc12)C(=O)O)c1ccc2ccccc2c1. The van der Waals surface area contributed by atoms with Crippen LogP contribution < -0.4 is 5.32 Å². The lowest BCUT2D eigenvalue weighted by atomic mass is 10.0. The molecule has 1 atom stereocenters. The molecule has 0 unspecified atom stereocenters. The summed E-state index contributed by atoms with van der Waals surface area (Å²) in [7, 11) is 0. The minimum absolute atomic E-state index is 0.207. The normalized spacial score (nSPS) is 12.1. The minimum atomic E-state index is -1.06. The first kappa shape index (κ1) is 16.8. The number of para-hydroxylation sites is 1. The second-order valence-electron chi connectivity index (χ2n) is 6.49. The Bertz CT molecular complexity index is 1150. The van der Waals surface area contributed by atoms with Crippen LogP contribution in [0.15, 0.2) is 72.9 Å². The highest BCUT2D eigenvalue weighted by molar-refractivity contribution is 6.00. The van der Waals surface area contributed by atoms with Crippen molar-refractivity contribution in [1.82, 2.24) is 10.3 Å². The van der Waals surface area contributed by atoms with Gasteiger partial charge in [-0.1, -0.05) is 48.5 Å². The quantitative estimate of drug-likeness (QED) is 0.508. The van der Waals surface area contributed by atoms with Gasteiger partial charge in [0.15, 0.2) is 0 Å². The summed E-state index contributed by atoms with van der Waals surface area (Å²) in [4.78, 5) is 27.5. The average Bonchev–Trinajstić information content (AvgIpc) is 3.10. The third-order valence-electron chi connectivity index (χ3n) is 4.71. The van der Waals surface area contributed by atoms with Crippen molar-refractivity contribution in [2.45, 2.75) is 12.5 Å². The number of aromatic amines is 1. The molecule has 0 aliphatic heterocycles. The first-order chi connectivity index (χ1) is 13.1. The van der Waals surface area contributed by atoms with Crippen molar-refractivity contribution in [3.05, 3.63) is 84.1 Å². The number of rotatable bonds is 5. The number of benzene rings is 3. The zero-order valence-electron chi connectivity index (χ0n) is 14.5. The maximum atomic E-state index is 12.6. The number of carboxylic acids is 1. The lowest BCUT2D eigenvalue weighted by Gasteiger charge is -2.14. The highest BCUT2D eigenvalue weighted by atomic mass is 16.4. The van der Waals surface area contributed by atoms with Gasteiger partial charge in [0.25, 0.3) is 5.91 Å². The van der Waals surface area contributed by atoms with Gasteiger partial charge < -0.3 is 15.4 Å². The molecule has 1 aromatic heterocycles. The number of hydrogen-bond donors (Lipinski definition) is 3. The maximum Gasteiger partial charge on any atom is 0.326 e. The summed E-state index contributed by atoms with van der Waals surface area (Å²) < 4.78 is 0. The Morgan fingerprint density at radius 1 is 0.963 bits per heavy atom. The van der Waals surface area contributed by atoms with E-state index in [-0.39, 0.29) is 6.42 Å². The van der Waals surface area contributed by atoms with Gasteiger partial charge in [0.1, 0.15) is 6.04 Å². The molecule has 4 rings (SSSR count). The number of carbonyl (C=O) groups excluding carboxylic acids is 1. The summed E-state index contributed by atoms with van der Waals surface area (Å²) in [5.74, 6) is -1.46. The number of nitrogens with one attached hydrogen (secondary N) is 2. The maximum absolute atomic E-state index is 12.6. The molecule has 0 radical (unpaired) electrons. The molecule has 0 bridgehead atoms. The number of carboxylic acid groups (broad SMARTS) is 1. The molecular formula is C22H18N2O3. The van der Waals surface area contributed by atoms with E-state index >= 15 is 0 Å². The van der Waals surface area contributed by atoms with Crippen LogP contribution in [0.25, 0.3) is 21.7 Å². The molecule has 0 saturated carbocycles. The van der Waals surface area contributed by atoms with Gasteiger partial charge in [0.05, 0.1) is 0 Å². The van der Waals surface area contributed by atoms with Crippen molar-refractivity contribution < 1.29 is 14.7 Å². The monoisotopic (exact) mass is 358 g/mol. The molecule has 3 N–H and O–H groups in total. The van der Waals surface area contributed by atoms with Crippen molar-refractivity contribution in [3.8, 4) is 0 Å². The molecule has 0 spiro atoms. The number of H-pyrrole nitrogens is 1. The second-order valence-corrected chi connectivity index (χ2v) is 6.49. The van der Waals surface area contributed by atoms with Crippen LogP contribution in [0.3, 0.4) is 0 Å². The van der Waals surface area contributed by atoms with Crippen LogP contribution in [-0.4, -0.2) is 28.0 Å². The van der Waals surface area contributed by atoms with E-state index in [2.05, 4.69) is 10.3 Å². The highest BCUT2D eigenvalue weighted by Crippen LogP contribution is 2.20.